The fraction of sp³-hybridized carbons (Fsp3) is 0.364. The first-order valence-corrected chi connectivity index (χ1v) is 5.41. The van der Waals surface area contributed by atoms with E-state index in [1.54, 1.807) is 0 Å². The van der Waals surface area contributed by atoms with Gasteiger partial charge in [-0.2, -0.15) is 0 Å². The van der Waals surface area contributed by atoms with Crippen LogP contribution in [0.1, 0.15) is 6.92 Å². The maximum atomic E-state index is 11.0. The van der Waals surface area contributed by atoms with Crippen molar-refractivity contribution in [3.63, 3.8) is 0 Å². The van der Waals surface area contributed by atoms with Gasteiger partial charge in [0.25, 0.3) is 5.69 Å². The monoisotopic (exact) mass is 270 g/mol. The molecular formula is C11H14N2O6. The highest BCUT2D eigenvalue weighted by Gasteiger charge is 2.14. The van der Waals surface area contributed by atoms with Crippen molar-refractivity contribution in [3.05, 3.63) is 28.3 Å². The fourth-order valence-corrected chi connectivity index (χ4v) is 1.28. The van der Waals surface area contributed by atoms with Gasteiger partial charge in [-0.1, -0.05) is 0 Å². The molecule has 0 aliphatic heterocycles. The number of hydrogen-bond donors (Lipinski definition) is 3. The molecule has 19 heavy (non-hydrogen) atoms. The van der Waals surface area contributed by atoms with Crippen LogP contribution in [0.15, 0.2) is 18.2 Å². The highest BCUT2D eigenvalue weighted by Crippen LogP contribution is 2.29. The molecule has 3 N–H and O–H groups in total. The summed E-state index contributed by atoms with van der Waals surface area (Å²) in [6, 6.07) is 3.68. The van der Waals surface area contributed by atoms with Crippen molar-refractivity contribution in [2.75, 3.05) is 18.5 Å². The van der Waals surface area contributed by atoms with E-state index >= 15 is 0 Å². The van der Waals surface area contributed by atoms with E-state index in [9.17, 15) is 14.9 Å². The summed E-state index contributed by atoms with van der Waals surface area (Å²) in [5, 5.41) is 30.9. The zero-order valence-corrected chi connectivity index (χ0v) is 10.2. The number of benzene rings is 1. The van der Waals surface area contributed by atoms with E-state index in [1.165, 1.54) is 19.1 Å². The fourth-order valence-electron chi connectivity index (χ4n) is 1.28. The van der Waals surface area contributed by atoms with Gasteiger partial charge in [0.05, 0.1) is 17.2 Å². The van der Waals surface area contributed by atoms with Crippen LogP contribution in [0.2, 0.25) is 0 Å². The third-order valence-corrected chi connectivity index (χ3v) is 2.13. The molecule has 8 nitrogen and oxygen atoms in total. The summed E-state index contributed by atoms with van der Waals surface area (Å²) in [6.45, 7) is 0.592. The zero-order valence-electron chi connectivity index (χ0n) is 10.2. The molecule has 1 atom stereocenters. The molecule has 0 aliphatic carbocycles. The topological polar surface area (TPSA) is 122 Å². The van der Waals surface area contributed by atoms with Crippen LogP contribution in [0.3, 0.4) is 0 Å². The van der Waals surface area contributed by atoms with Crippen LogP contribution < -0.4 is 10.1 Å². The van der Waals surface area contributed by atoms with Crippen molar-refractivity contribution >= 4 is 17.3 Å². The second-order valence-corrected chi connectivity index (χ2v) is 3.77. The van der Waals surface area contributed by atoms with Gasteiger partial charge in [-0.05, 0) is 6.07 Å². The average molecular weight is 270 g/mol. The number of aliphatic hydroxyl groups excluding tert-OH is 2. The number of nitro groups is 1. The van der Waals surface area contributed by atoms with Crippen LogP contribution in [-0.4, -0.2) is 40.4 Å². The molecule has 0 fully saturated rings. The maximum absolute atomic E-state index is 11.0. The normalized spacial score (nSPS) is 11.7. The Balaban J connectivity index is 2.94. The largest absolute Gasteiger partial charge is 0.489 e. The number of carbonyl (C=O) groups is 1. The van der Waals surface area contributed by atoms with Gasteiger partial charge in [-0.3, -0.25) is 14.9 Å². The number of nitrogens with zero attached hydrogens (tertiary/aromatic N) is 1. The smallest absolute Gasteiger partial charge is 0.271 e. The van der Waals surface area contributed by atoms with E-state index < -0.39 is 23.5 Å². The summed E-state index contributed by atoms with van der Waals surface area (Å²) < 4.78 is 5.18. The van der Waals surface area contributed by atoms with Crippen LogP contribution in [0.5, 0.6) is 5.75 Å². The van der Waals surface area contributed by atoms with E-state index in [0.717, 1.165) is 6.07 Å². The van der Waals surface area contributed by atoms with Crippen LogP contribution >= 0.6 is 0 Å². The molecular weight excluding hydrogens is 256 g/mol. The molecule has 0 saturated carbocycles. The number of nitrogens with one attached hydrogen (secondary N) is 1. The maximum Gasteiger partial charge on any atom is 0.271 e. The molecule has 8 heteroatoms. The van der Waals surface area contributed by atoms with E-state index in [1.807, 2.05) is 0 Å². The molecule has 1 amide bonds. The first-order valence-electron chi connectivity index (χ1n) is 5.41. The van der Waals surface area contributed by atoms with Crippen molar-refractivity contribution in [2.45, 2.75) is 13.0 Å². The Hall–Kier alpha value is -2.19. The quantitative estimate of drug-likeness (QED) is 0.504. The molecule has 104 valence electrons. The summed E-state index contributed by atoms with van der Waals surface area (Å²) in [7, 11) is 0. The molecule has 1 aromatic carbocycles. The predicted molar refractivity (Wildman–Crippen MR) is 66.0 cm³/mol. The second kappa shape index (κ2) is 6.66. The Bertz CT molecular complexity index is 476. The van der Waals surface area contributed by atoms with Gasteiger partial charge in [0.15, 0.2) is 0 Å². The molecule has 0 heterocycles. The van der Waals surface area contributed by atoms with Crippen LogP contribution in [0.25, 0.3) is 0 Å². The summed E-state index contributed by atoms with van der Waals surface area (Å²) in [6.07, 6.45) is -1.07. The average Bonchev–Trinajstić information content (AvgIpc) is 2.35. The number of aliphatic hydroxyl groups is 2. The minimum atomic E-state index is -1.07. The van der Waals surface area contributed by atoms with Crippen molar-refractivity contribution < 1.29 is 24.7 Å². The molecule has 1 rings (SSSR count). The lowest BCUT2D eigenvalue weighted by Crippen LogP contribution is -2.21. The third kappa shape index (κ3) is 4.53. The highest BCUT2D eigenvalue weighted by atomic mass is 16.6. The minimum Gasteiger partial charge on any atom is -0.489 e. The first kappa shape index (κ1) is 14.9. The minimum absolute atomic E-state index is 0.131. The lowest BCUT2D eigenvalue weighted by atomic mass is 10.2. The highest BCUT2D eigenvalue weighted by molar-refractivity contribution is 5.90. The Morgan fingerprint density at radius 2 is 2.26 bits per heavy atom. The molecule has 0 aromatic heterocycles. The summed E-state index contributed by atoms with van der Waals surface area (Å²) in [4.78, 5) is 21.1. The Morgan fingerprint density at radius 3 is 2.79 bits per heavy atom. The number of amides is 1. The number of hydrogen-bond acceptors (Lipinski definition) is 6. The van der Waals surface area contributed by atoms with Crippen molar-refractivity contribution in [1.29, 1.82) is 0 Å². The Morgan fingerprint density at radius 1 is 1.58 bits per heavy atom. The molecule has 1 aromatic rings. The first-order chi connectivity index (χ1) is 8.93. The van der Waals surface area contributed by atoms with Crippen molar-refractivity contribution in [2.24, 2.45) is 0 Å². The van der Waals surface area contributed by atoms with E-state index in [-0.39, 0.29) is 23.7 Å². The number of nitro benzene ring substituents is 1. The molecule has 0 radical (unpaired) electrons. The molecule has 0 bridgehead atoms. The number of carbonyl (C=O) groups excluding carboxylic acids is 1. The van der Waals surface area contributed by atoms with Gasteiger partial charge in [-0.25, -0.2) is 0 Å². The van der Waals surface area contributed by atoms with Gasteiger partial charge in [-0.15, -0.1) is 0 Å². The van der Waals surface area contributed by atoms with Gasteiger partial charge in [0, 0.05) is 19.1 Å². The van der Waals surface area contributed by atoms with Crippen LogP contribution in [-0.2, 0) is 4.79 Å². The SMILES string of the molecule is CC(=O)Nc1cc([N+](=O)[O-])ccc1OCC(O)CO. The van der Waals surface area contributed by atoms with E-state index in [0.29, 0.717) is 0 Å². The van der Waals surface area contributed by atoms with Gasteiger partial charge >= 0.3 is 0 Å². The number of ether oxygens (including phenoxy) is 1. The summed E-state index contributed by atoms with van der Waals surface area (Å²) in [5.74, 6) is -0.235. The molecule has 0 spiro atoms. The van der Waals surface area contributed by atoms with Gasteiger partial charge in [0.2, 0.25) is 5.91 Å². The Kier molecular flexibility index (Phi) is 5.22. The molecule has 0 aliphatic rings. The van der Waals surface area contributed by atoms with Gasteiger partial charge in [0.1, 0.15) is 18.5 Å². The summed E-state index contributed by atoms with van der Waals surface area (Å²) >= 11 is 0. The Labute approximate surface area is 108 Å². The van der Waals surface area contributed by atoms with Crippen LogP contribution in [0.4, 0.5) is 11.4 Å². The third-order valence-electron chi connectivity index (χ3n) is 2.13. The molecule has 1 unspecified atom stereocenters. The van der Waals surface area contributed by atoms with Gasteiger partial charge < -0.3 is 20.3 Å². The van der Waals surface area contributed by atoms with Crippen LogP contribution in [0, 0.1) is 10.1 Å². The number of rotatable bonds is 6. The van der Waals surface area contributed by atoms with E-state index in [2.05, 4.69) is 5.32 Å². The second-order valence-electron chi connectivity index (χ2n) is 3.77. The lowest BCUT2D eigenvalue weighted by molar-refractivity contribution is -0.384. The van der Waals surface area contributed by atoms with Crippen molar-refractivity contribution in [3.8, 4) is 5.75 Å². The number of anilines is 1. The number of non-ortho nitro benzene ring substituents is 1. The molecule has 0 saturated heterocycles. The lowest BCUT2D eigenvalue weighted by Gasteiger charge is -2.13. The van der Waals surface area contributed by atoms with Crippen molar-refractivity contribution in [1.82, 2.24) is 0 Å². The van der Waals surface area contributed by atoms with E-state index in [4.69, 9.17) is 14.9 Å². The summed E-state index contributed by atoms with van der Waals surface area (Å²) in [5.41, 5.74) is -0.0642. The standard InChI is InChI=1S/C11H14N2O6/c1-7(15)12-10-4-8(13(17)18)2-3-11(10)19-6-9(16)5-14/h2-4,9,14,16H,5-6H2,1H3,(H,12,15). The predicted octanol–water partition coefficient (Wildman–Crippen LogP) is 0.285. The zero-order chi connectivity index (χ0) is 14.4.